The molecular formula is C19H28N2O3. The summed E-state index contributed by atoms with van der Waals surface area (Å²) in [5.74, 6) is -0.162. The summed E-state index contributed by atoms with van der Waals surface area (Å²) in [6.45, 7) is 8.70. The SMILES string of the molecule is CCOC1CC(NC(=O)c2ccccc2N(C)C(=O)CC)C1(C)C. The Morgan fingerprint density at radius 2 is 1.96 bits per heavy atom. The number of rotatable bonds is 6. The molecule has 5 heteroatoms. The van der Waals surface area contributed by atoms with Gasteiger partial charge in [0.25, 0.3) is 5.91 Å². The third-order valence-electron chi connectivity index (χ3n) is 5.04. The minimum Gasteiger partial charge on any atom is -0.378 e. The van der Waals surface area contributed by atoms with E-state index >= 15 is 0 Å². The third kappa shape index (κ3) is 3.46. The Balaban J connectivity index is 2.13. The molecule has 2 rings (SSSR count). The van der Waals surface area contributed by atoms with Gasteiger partial charge in [0.15, 0.2) is 0 Å². The minimum atomic E-state index is -0.144. The quantitative estimate of drug-likeness (QED) is 0.871. The van der Waals surface area contributed by atoms with Gasteiger partial charge in [-0.15, -0.1) is 0 Å². The normalized spacial score (nSPS) is 21.7. The molecule has 0 heterocycles. The van der Waals surface area contributed by atoms with E-state index in [0.29, 0.717) is 24.3 Å². The molecular weight excluding hydrogens is 304 g/mol. The summed E-state index contributed by atoms with van der Waals surface area (Å²) >= 11 is 0. The lowest BCUT2D eigenvalue weighted by molar-refractivity contribution is -0.118. The number of amides is 2. The monoisotopic (exact) mass is 332 g/mol. The summed E-state index contributed by atoms with van der Waals surface area (Å²) < 4.78 is 5.71. The summed E-state index contributed by atoms with van der Waals surface area (Å²) in [5.41, 5.74) is 1.07. The maximum absolute atomic E-state index is 12.7. The van der Waals surface area contributed by atoms with Gasteiger partial charge >= 0.3 is 0 Å². The van der Waals surface area contributed by atoms with Crippen LogP contribution >= 0.6 is 0 Å². The van der Waals surface area contributed by atoms with Gasteiger partial charge in [0.1, 0.15) is 0 Å². The van der Waals surface area contributed by atoms with Crippen molar-refractivity contribution in [2.24, 2.45) is 5.41 Å². The van der Waals surface area contributed by atoms with E-state index in [2.05, 4.69) is 19.2 Å². The lowest BCUT2D eigenvalue weighted by atomic mass is 9.64. The lowest BCUT2D eigenvalue weighted by Crippen LogP contribution is -2.62. The molecule has 2 unspecified atom stereocenters. The lowest BCUT2D eigenvalue weighted by Gasteiger charge is -2.51. The largest absolute Gasteiger partial charge is 0.378 e. The first-order valence-electron chi connectivity index (χ1n) is 8.60. The Kier molecular flexibility index (Phi) is 5.65. The van der Waals surface area contributed by atoms with Crippen LogP contribution in [0.5, 0.6) is 0 Å². The fourth-order valence-corrected chi connectivity index (χ4v) is 3.18. The Hall–Kier alpha value is -1.88. The average molecular weight is 332 g/mol. The Morgan fingerprint density at radius 3 is 2.54 bits per heavy atom. The van der Waals surface area contributed by atoms with Gasteiger partial charge in [0, 0.05) is 31.5 Å². The molecule has 2 atom stereocenters. The zero-order chi connectivity index (χ0) is 17.9. The second-order valence-electron chi connectivity index (χ2n) is 6.85. The van der Waals surface area contributed by atoms with Crippen LogP contribution in [-0.2, 0) is 9.53 Å². The van der Waals surface area contributed by atoms with E-state index in [1.165, 1.54) is 0 Å². The molecule has 1 fully saturated rings. The maximum Gasteiger partial charge on any atom is 0.253 e. The van der Waals surface area contributed by atoms with E-state index in [-0.39, 0.29) is 29.4 Å². The Bertz CT molecular complexity index is 612. The van der Waals surface area contributed by atoms with Crippen molar-refractivity contribution < 1.29 is 14.3 Å². The molecule has 132 valence electrons. The fraction of sp³-hybridized carbons (Fsp3) is 0.579. The van der Waals surface area contributed by atoms with Crippen LogP contribution in [0.25, 0.3) is 0 Å². The van der Waals surface area contributed by atoms with Crippen molar-refractivity contribution in [3.63, 3.8) is 0 Å². The highest BCUT2D eigenvalue weighted by molar-refractivity contribution is 6.04. The Morgan fingerprint density at radius 1 is 1.29 bits per heavy atom. The maximum atomic E-state index is 12.7. The van der Waals surface area contributed by atoms with Gasteiger partial charge in [0.2, 0.25) is 5.91 Å². The van der Waals surface area contributed by atoms with Crippen molar-refractivity contribution >= 4 is 17.5 Å². The van der Waals surface area contributed by atoms with E-state index < -0.39 is 0 Å². The van der Waals surface area contributed by atoms with E-state index in [0.717, 1.165) is 6.42 Å². The molecule has 1 aromatic carbocycles. The number of ether oxygens (including phenoxy) is 1. The predicted octanol–water partition coefficient (Wildman–Crippen LogP) is 2.99. The first-order chi connectivity index (χ1) is 11.3. The van der Waals surface area contributed by atoms with Gasteiger partial charge in [0.05, 0.1) is 17.4 Å². The Labute approximate surface area is 144 Å². The predicted molar refractivity (Wildman–Crippen MR) is 95.2 cm³/mol. The van der Waals surface area contributed by atoms with Crippen LogP contribution in [0.1, 0.15) is 50.9 Å². The van der Waals surface area contributed by atoms with Gasteiger partial charge in [-0.05, 0) is 25.5 Å². The number of carbonyl (C=O) groups is 2. The number of nitrogens with one attached hydrogen (secondary N) is 1. The smallest absolute Gasteiger partial charge is 0.253 e. The highest BCUT2D eigenvalue weighted by Gasteiger charge is 2.49. The van der Waals surface area contributed by atoms with Crippen LogP contribution in [0.3, 0.4) is 0 Å². The van der Waals surface area contributed by atoms with Crippen molar-refractivity contribution in [2.75, 3.05) is 18.6 Å². The van der Waals surface area contributed by atoms with Crippen LogP contribution in [0.4, 0.5) is 5.69 Å². The number of nitrogens with zero attached hydrogens (tertiary/aromatic N) is 1. The molecule has 0 aromatic heterocycles. The molecule has 24 heavy (non-hydrogen) atoms. The van der Waals surface area contributed by atoms with Gasteiger partial charge in [-0.3, -0.25) is 9.59 Å². The molecule has 1 N–H and O–H groups in total. The van der Waals surface area contributed by atoms with Crippen LogP contribution in [0.2, 0.25) is 0 Å². The minimum absolute atomic E-state index is 0.0179. The molecule has 0 saturated heterocycles. The van der Waals surface area contributed by atoms with E-state index in [9.17, 15) is 9.59 Å². The molecule has 0 bridgehead atoms. The number of anilines is 1. The first kappa shape index (κ1) is 18.5. The van der Waals surface area contributed by atoms with Gasteiger partial charge in [-0.25, -0.2) is 0 Å². The van der Waals surface area contributed by atoms with Gasteiger partial charge in [-0.2, -0.15) is 0 Å². The molecule has 5 nitrogen and oxygen atoms in total. The molecule has 2 amide bonds. The van der Waals surface area contributed by atoms with Crippen LogP contribution in [-0.4, -0.2) is 37.6 Å². The summed E-state index contributed by atoms with van der Waals surface area (Å²) in [6, 6.07) is 7.29. The molecule has 0 spiro atoms. The second-order valence-corrected chi connectivity index (χ2v) is 6.85. The molecule has 0 aliphatic heterocycles. The summed E-state index contributed by atoms with van der Waals surface area (Å²) in [7, 11) is 1.70. The third-order valence-corrected chi connectivity index (χ3v) is 5.04. The summed E-state index contributed by atoms with van der Waals surface area (Å²) in [5, 5.41) is 3.11. The standard InChI is InChI=1S/C19H28N2O3/c1-6-17(22)21(5)14-11-9-8-10-13(14)18(23)20-15-12-16(24-7-2)19(15,3)4/h8-11,15-16H,6-7,12H2,1-5H3,(H,20,23). The molecule has 1 aliphatic rings. The number of hydrogen-bond donors (Lipinski definition) is 1. The molecule has 0 radical (unpaired) electrons. The molecule has 1 aromatic rings. The highest BCUT2D eigenvalue weighted by Crippen LogP contribution is 2.43. The van der Waals surface area contributed by atoms with E-state index in [1.54, 1.807) is 24.1 Å². The number of carbonyl (C=O) groups excluding carboxylic acids is 2. The highest BCUT2D eigenvalue weighted by atomic mass is 16.5. The summed E-state index contributed by atoms with van der Waals surface area (Å²) in [6.07, 6.45) is 1.39. The van der Waals surface area contributed by atoms with Crippen LogP contribution in [0.15, 0.2) is 24.3 Å². The number of para-hydroxylation sites is 1. The number of hydrogen-bond acceptors (Lipinski definition) is 3. The average Bonchev–Trinajstić information content (AvgIpc) is 2.59. The molecule has 1 aliphatic carbocycles. The number of benzene rings is 1. The fourth-order valence-electron chi connectivity index (χ4n) is 3.18. The van der Waals surface area contributed by atoms with E-state index in [1.807, 2.05) is 26.0 Å². The second kappa shape index (κ2) is 7.34. The van der Waals surface area contributed by atoms with Crippen LogP contribution < -0.4 is 10.2 Å². The van der Waals surface area contributed by atoms with Crippen molar-refractivity contribution in [3.8, 4) is 0 Å². The van der Waals surface area contributed by atoms with Crippen molar-refractivity contribution in [3.05, 3.63) is 29.8 Å². The topological polar surface area (TPSA) is 58.6 Å². The van der Waals surface area contributed by atoms with E-state index in [4.69, 9.17) is 4.74 Å². The van der Waals surface area contributed by atoms with Crippen LogP contribution in [0, 0.1) is 5.41 Å². The van der Waals surface area contributed by atoms with Gasteiger partial charge in [-0.1, -0.05) is 32.9 Å². The van der Waals surface area contributed by atoms with Crippen molar-refractivity contribution in [1.29, 1.82) is 0 Å². The summed E-state index contributed by atoms with van der Waals surface area (Å²) in [4.78, 5) is 26.3. The van der Waals surface area contributed by atoms with Crippen molar-refractivity contribution in [2.45, 2.75) is 52.7 Å². The zero-order valence-electron chi connectivity index (χ0n) is 15.3. The van der Waals surface area contributed by atoms with Gasteiger partial charge < -0.3 is 15.0 Å². The molecule has 1 saturated carbocycles. The zero-order valence-corrected chi connectivity index (χ0v) is 15.3. The van der Waals surface area contributed by atoms with Crippen molar-refractivity contribution in [1.82, 2.24) is 5.32 Å². The first-order valence-corrected chi connectivity index (χ1v) is 8.60.